The van der Waals surface area contributed by atoms with Gasteiger partial charge in [0.15, 0.2) is 5.13 Å². The van der Waals surface area contributed by atoms with E-state index in [1.165, 1.54) is 17.4 Å². The van der Waals surface area contributed by atoms with Gasteiger partial charge < -0.3 is 14.5 Å². The van der Waals surface area contributed by atoms with Gasteiger partial charge in [0.1, 0.15) is 0 Å². The summed E-state index contributed by atoms with van der Waals surface area (Å²) in [7, 11) is 0. The maximum absolute atomic E-state index is 13.2. The van der Waals surface area contributed by atoms with Crippen molar-refractivity contribution < 1.29 is 27.5 Å². The Hall–Kier alpha value is -2.36. The number of esters is 1. The van der Waals surface area contributed by atoms with Gasteiger partial charge in [-0.3, -0.25) is 9.59 Å². The average molecular weight is 415 g/mol. The van der Waals surface area contributed by atoms with Crippen LogP contribution in [0.5, 0.6) is 0 Å². The van der Waals surface area contributed by atoms with Crippen molar-refractivity contribution in [1.29, 1.82) is 0 Å². The lowest BCUT2D eigenvalue weighted by atomic mass is 10.2. The van der Waals surface area contributed by atoms with Crippen molar-refractivity contribution in [3.05, 3.63) is 23.8 Å². The summed E-state index contributed by atoms with van der Waals surface area (Å²) in [6, 6.07) is 4.04. The van der Waals surface area contributed by atoms with Gasteiger partial charge >= 0.3 is 12.1 Å². The van der Waals surface area contributed by atoms with Crippen LogP contribution in [0, 0.1) is 0 Å². The molecule has 1 amide bonds. The van der Waals surface area contributed by atoms with Crippen molar-refractivity contribution in [2.75, 3.05) is 37.7 Å². The number of hydrogen-bond acceptors (Lipinski definition) is 6. The zero-order valence-electron chi connectivity index (χ0n) is 15.3. The molecule has 1 fully saturated rings. The van der Waals surface area contributed by atoms with Crippen LogP contribution in [0.3, 0.4) is 0 Å². The molecule has 0 atom stereocenters. The van der Waals surface area contributed by atoms with E-state index in [0.29, 0.717) is 36.0 Å². The van der Waals surface area contributed by atoms with Crippen LogP contribution in [0.15, 0.2) is 18.2 Å². The average Bonchev–Trinajstić information content (AvgIpc) is 3.10. The fourth-order valence-electron chi connectivity index (χ4n) is 3.05. The number of para-hydroxylation sites is 1. The molecular weight excluding hydrogens is 395 g/mol. The Balaban J connectivity index is 1.62. The second kappa shape index (κ2) is 8.34. The van der Waals surface area contributed by atoms with Crippen molar-refractivity contribution in [3.8, 4) is 0 Å². The van der Waals surface area contributed by atoms with Gasteiger partial charge in [-0.1, -0.05) is 17.4 Å². The predicted octanol–water partition coefficient (Wildman–Crippen LogP) is 3.31. The first-order valence-corrected chi connectivity index (χ1v) is 9.76. The van der Waals surface area contributed by atoms with Gasteiger partial charge in [-0.15, -0.1) is 0 Å². The summed E-state index contributed by atoms with van der Waals surface area (Å²) in [6.45, 7) is 3.81. The van der Waals surface area contributed by atoms with Crippen LogP contribution >= 0.6 is 11.3 Å². The van der Waals surface area contributed by atoms with Crippen LogP contribution in [0.4, 0.5) is 18.3 Å². The van der Waals surface area contributed by atoms with E-state index < -0.39 is 17.7 Å². The van der Waals surface area contributed by atoms with E-state index in [0.717, 1.165) is 6.07 Å². The number of alkyl halides is 3. The van der Waals surface area contributed by atoms with E-state index in [1.807, 2.05) is 4.90 Å². The molecule has 0 bridgehead atoms. The number of anilines is 1. The molecule has 2 aromatic rings. The monoisotopic (exact) mass is 415 g/mol. The zero-order valence-corrected chi connectivity index (χ0v) is 16.1. The summed E-state index contributed by atoms with van der Waals surface area (Å²) in [4.78, 5) is 31.3. The molecule has 1 aliphatic rings. The Labute approximate surface area is 163 Å². The third-order valence-electron chi connectivity index (χ3n) is 4.46. The van der Waals surface area contributed by atoms with Crippen LogP contribution in [0.1, 0.15) is 25.3 Å². The maximum Gasteiger partial charge on any atom is 0.418 e. The third kappa shape index (κ3) is 4.54. The molecule has 1 aliphatic heterocycles. The number of halogens is 3. The Bertz CT molecular complexity index is 861. The van der Waals surface area contributed by atoms with Crippen LogP contribution < -0.4 is 4.90 Å². The highest BCUT2D eigenvalue weighted by molar-refractivity contribution is 7.22. The van der Waals surface area contributed by atoms with E-state index >= 15 is 0 Å². The van der Waals surface area contributed by atoms with Gasteiger partial charge in [-0.05, 0) is 19.1 Å². The standard InChI is InChI=1S/C18H20F3N3O3S/c1-2-27-15(26)7-6-14(25)23-8-10-24(11-9-23)17-22-16-12(18(19,20)21)4-3-5-13(16)28-17/h3-5H,2,6-11H2,1H3. The Kier molecular flexibility index (Phi) is 6.07. The Morgan fingerprint density at radius 1 is 1.18 bits per heavy atom. The molecule has 0 spiro atoms. The second-order valence-electron chi connectivity index (χ2n) is 6.32. The molecular formula is C18H20F3N3O3S. The van der Waals surface area contributed by atoms with Crippen molar-refractivity contribution in [1.82, 2.24) is 9.88 Å². The SMILES string of the molecule is CCOC(=O)CCC(=O)N1CCN(c2nc3c(C(F)(F)F)cccc3s2)CC1. The molecule has 10 heteroatoms. The van der Waals surface area contributed by atoms with Gasteiger partial charge in [0.05, 0.1) is 28.8 Å². The first-order valence-electron chi connectivity index (χ1n) is 8.94. The number of ether oxygens (including phenoxy) is 1. The Morgan fingerprint density at radius 2 is 1.89 bits per heavy atom. The zero-order chi connectivity index (χ0) is 20.3. The number of amides is 1. The first kappa shape index (κ1) is 20.4. The van der Waals surface area contributed by atoms with Crippen LogP contribution in [-0.4, -0.2) is 54.5 Å². The van der Waals surface area contributed by atoms with Gasteiger partial charge in [0, 0.05) is 32.6 Å². The number of aromatic nitrogens is 1. The molecule has 2 heterocycles. The molecule has 0 aliphatic carbocycles. The number of piperazine rings is 1. The molecule has 3 rings (SSSR count). The predicted molar refractivity (Wildman–Crippen MR) is 99.3 cm³/mol. The number of nitrogens with zero attached hydrogens (tertiary/aromatic N) is 3. The highest BCUT2D eigenvalue weighted by Gasteiger charge is 2.34. The van der Waals surface area contributed by atoms with Crippen molar-refractivity contribution >= 4 is 38.6 Å². The lowest BCUT2D eigenvalue weighted by Gasteiger charge is -2.34. The van der Waals surface area contributed by atoms with Crippen molar-refractivity contribution in [2.24, 2.45) is 0 Å². The number of benzene rings is 1. The summed E-state index contributed by atoms with van der Waals surface area (Å²) in [6.07, 6.45) is -4.31. The van der Waals surface area contributed by atoms with Gasteiger partial charge in [-0.25, -0.2) is 4.98 Å². The van der Waals surface area contributed by atoms with Gasteiger partial charge in [-0.2, -0.15) is 13.2 Å². The van der Waals surface area contributed by atoms with Crippen LogP contribution in [0.25, 0.3) is 10.2 Å². The molecule has 28 heavy (non-hydrogen) atoms. The molecule has 1 saturated heterocycles. The van der Waals surface area contributed by atoms with E-state index in [9.17, 15) is 22.8 Å². The first-order chi connectivity index (χ1) is 13.3. The molecule has 0 unspecified atom stereocenters. The highest BCUT2D eigenvalue weighted by Crippen LogP contribution is 2.38. The summed E-state index contributed by atoms with van der Waals surface area (Å²) in [5.41, 5.74) is -0.775. The summed E-state index contributed by atoms with van der Waals surface area (Å²) in [5.74, 6) is -0.527. The minimum atomic E-state index is -4.45. The largest absolute Gasteiger partial charge is 0.466 e. The lowest BCUT2D eigenvalue weighted by Crippen LogP contribution is -2.48. The summed E-state index contributed by atoms with van der Waals surface area (Å²) in [5, 5.41) is 0.519. The topological polar surface area (TPSA) is 62.7 Å². The second-order valence-corrected chi connectivity index (χ2v) is 7.33. The molecule has 1 aromatic heterocycles. The summed E-state index contributed by atoms with van der Waals surface area (Å²) < 4.78 is 44.8. The number of thiazole rings is 1. The van der Waals surface area contributed by atoms with E-state index in [4.69, 9.17) is 4.74 Å². The fraction of sp³-hybridized carbons (Fsp3) is 0.500. The van der Waals surface area contributed by atoms with Crippen molar-refractivity contribution in [2.45, 2.75) is 25.9 Å². The smallest absolute Gasteiger partial charge is 0.418 e. The van der Waals surface area contributed by atoms with E-state index in [1.54, 1.807) is 17.9 Å². The van der Waals surface area contributed by atoms with Crippen LogP contribution in [0.2, 0.25) is 0 Å². The van der Waals surface area contributed by atoms with E-state index in [-0.39, 0.29) is 30.9 Å². The number of carbonyl (C=O) groups is 2. The summed E-state index contributed by atoms with van der Waals surface area (Å²) >= 11 is 1.21. The molecule has 6 nitrogen and oxygen atoms in total. The number of hydrogen-bond donors (Lipinski definition) is 0. The minimum absolute atomic E-state index is 0.0389. The van der Waals surface area contributed by atoms with Crippen LogP contribution in [-0.2, 0) is 20.5 Å². The van der Waals surface area contributed by atoms with E-state index in [2.05, 4.69) is 4.98 Å². The number of fused-ring (bicyclic) bond motifs is 1. The molecule has 0 saturated carbocycles. The normalized spacial score (nSPS) is 15.1. The van der Waals surface area contributed by atoms with Gasteiger partial charge in [0.25, 0.3) is 0 Å². The molecule has 1 aromatic carbocycles. The highest BCUT2D eigenvalue weighted by atomic mass is 32.1. The lowest BCUT2D eigenvalue weighted by molar-refractivity contribution is -0.145. The molecule has 152 valence electrons. The maximum atomic E-state index is 13.2. The fourth-order valence-corrected chi connectivity index (χ4v) is 4.09. The molecule has 0 N–H and O–H groups in total. The Morgan fingerprint density at radius 3 is 2.54 bits per heavy atom. The quantitative estimate of drug-likeness (QED) is 0.702. The third-order valence-corrected chi connectivity index (χ3v) is 5.55. The molecule has 0 radical (unpaired) electrons. The number of rotatable bonds is 5. The number of carbonyl (C=O) groups excluding carboxylic acids is 2. The van der Waals surface area contributed by atoms with Crippen molar-refractivity contribution in [3.63, 3.8) is 0 Å². The minimum Gasteiger partial charge on any atom is -0.466 e. The van der Waals surface area contributed by atoms with Gasteiger partial charge in [0.2, 0.25) is 5.91 Å².